The van der Waals surface area contributed by atoms with Crippen LogP contribution in [0.15, 0.2) is 39.0 Å². The smallest absolute Gasteiger partial charge is 0.329 e. The van der Waals surface area contributed by atoms with E-state index in [4.69, 9.17) is 4.74 Å². The molecule has 0 aliphatic rings. The summed E-state index contributed by atoms with van der Waals surface area (Å²) in [7, 11) is 3.20. The first kappa shape index (κ1) is 20.4. The molecule has 9 nitrogen and oxygen atoms in total. The average Bonchev–Trinajstić information content (AvgIpc) is 3.08. The van der Waals surface area contributed by atoms with E-state index in [-0.39, 0.29) is 0 Å². The predicted octanol–water partition coefficient (Wildman–Crippen LogP) is 2.31. The van der Waals surface area contributed by atoms with Crippen molar-refractivity contribution in [2.24, 2.45) is 18.1 Å². The number of rotatable bonds is 7. The number of hydrogen-bond acceptors (Lipinski definition) is 6. The number of imidazole rings is 1. The molecule has 0 saturated carbocycles. The third-order valence-corrected chi connectivity index (χ3v) is 4.77. The van der Waals surface area contributed by atoms with Crippen molar-refractivity contribution in [1.82, 2.24) is 19.1 Å². The van der Waals surface area contributed by atoms with Crippen molar-refractivity contribution < 1.29 is 4.74 Å². The van der Waals surface area contributed by atoms with Gasteiger partial charge < -0.3 is 9.30 Å². The Morgan fingerprint density at radius 1 is 1.28 bits per heavy atom. The van der Waals surface area contributed by atoms with Crippen molar-refractivity contribution in [1.29, 1.82) is 0 Å². The number of H-pyrrole nitrogens is 1. The van der Waals surface area contributed by atoms with Gasteiger partial charge in [0.1, 0.15) is 5.75 Å². The fourth-order valence-corrected chi connectivity index (χ4v) is 2.96. The number of hydrazone groups is 1. The van der Waals surface area contributed by atoms with E-state index in [2.05, 4.69) is 34.3 Å². The maximum absolute atomic E-state index is 12.4. The number of fused-ring (bicyclic) bond motifs is 1. The molecule has 2 aromatic heterocycles. The Morgan fingerprint density at radius 3 is 2.59 bits per heavy atom. The Morgan fingerprint density at radius 2 is 1.97 bits per heavy atom. The molecular weight excluding hydrogens is 372 g/mol. The topological polar surface area (TPSA) is 106 Å². The lowest BCUT2D eigenvalue weighted by Crippen LogP contribution is -2.29. The first-order valence-electron chi connectivity index (χ1n) is 9.46. The second-order valence-electron chi connectivity index (χ2n) is 7.30. The molecule has 0 fully saturated rings. The number of anilines is 1. The summed E-state index contributed by atoms with van der Waals surface area (Å²) in [6.07, 6.45) is 0.851. The van der Waals surface area contributed by atoms with Crippen LogP contribution in [0.1, 0.15) is 32.8 Å². The number of ether oxygens (including phenoxy) is 1. The molecule has 3 aromatic rings. The number of hydrogen-bond donors (Lipinski definition) is 2. The molecule has 0 bridgehead atoms. The minimum atomic E-state index is -0.500. The molecule has 29 heavy (non-hydrogen) atoms. The van der Waals surface area contributed by atoms with E-state index in [0.717, 1.165) is 23.4 Å². The molecule has 0 aliphatic heterocycles. The van der Waals surface area contributed by atoms with E-state index < -0.39 is 11.2 Å². The zero-order valence-electron chi connectivity index (χ0n) is 17.3. The average molecular weight is 398 g/mol. The summed E-state index contributed by atoms with van der Waals surface area (Å²) in [5.41, 5.74) is 4.36. The van der Waals surface area contributed by atoms with Crippen LogP contribution in [0.2, 0.25) is 0 Å². The Bertz CT molecular complexity index is 1150. The predicted molar refractivity (Wildman–Crippen MR) is 114 cm³/mol. The summed E-state index contributed by atoms with van der Waals surface area (Å²) in [6, 6.07) is 7.55. The molecule has 0 saturated heterocycles. The van der Waals surface area contributed by atoms with Crippen LogP contribution in [-0.2, 0) is 13.6 Å². The van der Waals surface area contributed by atoms with E-state index in [1.807, 2.05) is 31.2 Å². The first-order valence-corrected chi connectivity index (χ1v) is 9.46. The minimum absolute atomic E-state index is 0.322. The van der Waals surface area contributed by atoms with E-state index in [9.17, 15) is 9.59 Å². The lowest BCUT2D eigenvalue weighted by Gasteiger charge is -2.10. The highest BCUT2D eigenvalue weighted by molar-refractivity contribution is 5.99. The van der Waals surface area contributed by atoms with Crippen molar-refractivity contribution >= 4 is 22.8 Å². The van der Waals surface area contributed by atoms with Crippen LogP contribution in [0.4, 0.5) is 5.95 Å². The lowest BCUT2D eigenvalue weighted by molar-refractivity contribution is 0.415. The van der Waals surface area contributed by atoms with Crippen LogP contribution in [-0.4, -0.2) is 31.9 Å². The summed E-state index contributed by atoms with van der Waals surface area (Å²) in [5.74, 6) is 1.63. The monoisotopic (exact) mass is 398 g/mol. The molecule has 2 heterocycles. The van der Waals surface area contributed by atoms with Crippen LogP contribution >= 0.6 is 0 Å². The highest BCUT2D eigenvalue weighted by Gasteiger charge is 2.17. The lowest BCUT2D eigenvalue weighted by atomic mass is 10.1. The zero-order valence-corrected chi connectivity index (χ0v) is 17.3. The van der Waals surface area contributed by atoms with Gasteiger partial charge >= 0.3 is 5.69 Å². The number of aryl methyl sites for hydroxylation is 2. The molecule has 0 unspecified atom stereocenters. The second-order valence-corrected chi connectivity index (χ2v) is 7.30. The van der Waals surface area contributed by atoms with Crippen LogP contribution in [0.3, 0.4) is 0 Å². The summed E-state index contributed by atoms with van der Waals surface area (Å²) < 4.78 is 8.28. The largest absolute Gasteiger partial charge is 0.497 e. The maximum Gasteiger partial charge on any atom is 0.329 e. The van der Waals surface area contributed by atoms with Gasteiger partial charge in [0.25, 0.3) is 5.56 Å². The highest BCUT2D eigenvalue weighted by atomic mass is 16.5. The molecule has 0 amide bonds. The van der Waals surface area contributed by atoms with Gasteiger partial charge in [0.15, 0.2) is 11.2 Å². The Balaban J connectivity index is 2.01. The molecule has 2 N–H and O–H groups in total. The normalized spacial score (nSPS) is 12.0. The molecule has 154 valence electrons. The summed E-state index contributed by atoms with van der Waals surface area (Å²) >= 11 is 0. The van der Waals surface area contributed by atoms with Gasteiger partial charge in [-0.1, -0.05) is 13.8 Å². The fourth-order valence-electron chi connectivity index (χ4n) is 2.96. The SMILES string of the molecule is COc1ccc(C(C)=NNc2nc3c(c(=O)[nH]c(=O)n3C)n2CCC(C)C)cc1. The van der Waals surface area contributed by atoms with Crippen molar-refractivity contribution in [3.8, 4) is 5.75 Å². The molecule has 0 radical (unpaired) electrons. The number of aromatic amines is 1. The van der Waals surface area contributed by atoms with Crippen LogP contribution in [0.5, 0.6) is 5.75 Å². The van der Waals surface area contributed by atoms with Gasteiger partial charge in [0.05, 0.1) is 12.8 Å². The highest BCUT2D eigenvalue weighted by Crippen LogP contribution is 2.18. The Hall–Kier alpha value is -3.36. The molecular formula is C20H26N6O3. The van der Waals surface area contributed by atoms with Crippen LogP contribution in [0.25, 0.3) is 11.2 Å². The number of nitrogens with zero attached hydrogens (tertiary/aromatic N) is 4. The van der Waals surface area contributed by atoms with Crippen molar-refractivity contribution in [2.45, 2.75) is 33.7 Å². The van der Waals surface area contributed by atoms with E-state index in [1.54, 1.807) is 18.7 Å². The van der Waals surface area contributed by atoms with Crippen molar-refractivity contribution in [2.75, 3.05) is 12.5 Å². The van der Waals surface area contributed by atoms with E-state index in [0.29, 0.717) is 29.6 Å². The Labute approximate surface area is 168 Å². The summed E-state index contributed by atoms with van der Waals surface area (Å²) in [4.78, 5) is 31.2. The molecule has 3 rings (SSSR count). The third kappa shape index (κ3) is 4.23. The standard InChI is InChI=1S/C20H26N6O3/c1-12(2)10-11-26-16-17(25(4)20(28)22-18(16)27)21-19(26)24-23-13(3)14-6-8-15(29-5)9-7-14/h6-9,12H,10-11H2,1-5H3,(H,21,24)(H,22,27,28). The van der Waals surface area contributed by atoms with Crippen LogP contribution < -0.4 is 21.4 Å². The van der Waals surface area contributed by atoms with Gasteiger partial charge in [-0.2, -0.15) is 10.1 Å². The van der Waals surface area contributed by atoms with Crippen molar-refractivity contribution in [3.05, 3.63) is 50.7 Å². The fraction of sp³-hybridized carbons (Fsp3) is 0.400. The number of nitrogens with one attached hydrogen (secondary N) is 2. The first-order chi connectivity index (χ1) is 13.8. The van der Waals surface area contributed by atoms with Crippen molar-refractivity contribution in [3.63, 3.8) is 0 Å². The zero-order chi connectivity index (χ0) is 21.1. The minimum Gasteiger partial charge on any atom is -0.497 e. The summed E-state index contributed by atoms with van der Waals surface area (Å²) in [5, 5.41) is 4.43. The van der Waals surface area contributed by atoms with Gasteiger partial charge in [0.2, 0.25) is 5.95 Å². The van der Waals surface area contributed by atoms with Gasteiger partial charge in [-0.3, -0.25) is 14.3 Å². The molecule has 0 atom stereocenters. The van der Waals surface area contributed by atoms with E-state index >= 15 is 0 Å². The molecule has 0 spiro atoms. The van der Waals surface area contributed by atoms with Gasteiger partial charge in [-0.05, 0) is 49.1 Å². The molecule has 0 aliphatic carbocycles. The number of aromatic nitrogens is 4. The van der Waals surface area contributed by atoms with E-state index in [1.165, 1.54) is 4.57 Å². The molecule has 9 heteroatoms. The Kier molecular flexibility index (Phi) is 5.86. The quantitative estimate of drug-likeness (QED) is 0.469. The maximum atomic E-state index is 12.4. The van der Waals surface area contributed by atoms with Crippen LogP contribution in [0, 0.1) is 5.92 Å². The number of benzene rings is 1. The summed E-state index contributed by atoms with van der Waals surface area (Å²) in [6.45, 7) is 6.67. The van der Waals surface area contributed by atoms with Gasteiger partial charge in [-0.25, -0.2) is 10.2 Å². The second kappa shape index (κ2) is 8.34. The van der Waals surface area contributed by atoms with Gasteiger partial charge in [-0.15, -0.1) is 0 Å². The number of methoxy groups -OCH3 is 1. The third-order valence-electron chi connectivity index (χ3n) is 4.77. The van der Waals surface area contributed by atoms with Gasteiger partial charge in [0, 0.05) is 13.6 Å². The molecule has 1 aromatic carbocycles.